The average molecular weight is 432 g/mol. The number of urea groups is 1. The molecule has 0 spiro atoms. The number of hydrogen-bond donors (Lipinski definition) is 2. The molecule has 0 aliphatic carbocycles. The van der Waals surface area contributed by atoms with E-state index in [1.807, 2.05) is 0 Å². The van der Waals surface area contributed by atoms with Gasteiger partial charge in [-0.3, -0.25) is 9.69 Å². The van der Waals surface area contributed by atoms with Crippen molar-refractivity contribution in [1.29, 1.82) is 0 Å². The maximum absolute atomic E-state index is 13.0. The predicted molar refractivity (Wildman–Crippen MR) is 105 cm³/mol. The smallest absolute Gasteiger partial charge is 0.325 e. The van der Waals surface area contributed by atoms with Gasteiger partial charge >= 0.3 is 6.03 Å². The molecule has 0 bridgehead atoms. The molecule has 30 heavy (non-hydrogen) atoms. The van der Waals surface area contributed by atoms with Crippen LogP contribution in [0.15, 0.2) is 47.4 Å². The van der Waals surface area contributed by atoms with Crippen molar-refractivity contribution >= 4 is 21.8 Å². The van der Waals surface area contributed by atoms with E-state index >= 15 is 0 Å². The van der Waals surface area contributed by atoms with Gasteiger partial charge in [-0.25, -0.2) is 13.2 Å². The van der Waals surface area contributed by atoms with Gasteiger partial charge in [0.1, 0.15) is 5.54 Å². The number of β-amino-alcohol motifs (C(OH)–C–C–N with tert-alkyl or cyclic N) is 1. The molecular weight excluding hydrogens is 412 g/mol. The molecule has 10 heteroatoms. The first-order valence-corrected chi connectivity index (χ1v) is 11.0. The molecule has 9 nitrogen and oxygen atoms in total. The summed E-state index contributed by atoms with van der Waals surface area (Å²) in [6.45, 7) is 1.38. The number of amides is 3. The number of carbonyl (C=O) groups excluding carboxylic acids is 2. The second-order valence-electron chi connectivity index (χ2n) is 7.40. The molecule has 2 aliphatic heterocycles. The molecule has 2 atom stereocenters. The van der Waals surface area contributed by atoms with Gasteiger partial charge in [-0.1, -0.05) is 18.2 Å². The molecule has 4 rings (SSSR count). The van der Waals surface area contributed by atoms with E-state index in [4.69, 9.17) is 9.47 Å². The fourth-order valence-electron chi connectivity index (χ4n) is 3.49. The molecule has 3 amide bonds. The van der Waals surface area contributed by atoms with Crippen LogP contribution in [0.25, 0.3) is 0 Å². The Morgan fingerprint density at radius 3 is 2.47 bits per heavy atom. The largest absolute Gasteiger partial charge is 0.454 e. The fraction of sp³-hybridized carbons (Fsp3) is 0.300. The number of benzene rings is 2. The minimum absolute atomic E-state index is 0.0956. The van der Waals surface area contributed by atoms with Gasteiger partial charge in [0.25, 0.3) is 5.91 Å². The number of aliphatic hydroxyl groups is 1. The maximum Gasteiger partial charge on any atom is 0.325 e. The second kappa shape index (κ2) is 6.99. The molecule has 2 heterocycles. The molecule has 2 aromatic rings. The van der Waals surface area contributed by atoms with Crippen molar-refractivity contribution in [2.24, 2.45) is 0 Å². The van der Waals surface area contributed by atoms with E-state index in [1.165, 1.54) is 31.2 Å². The Labute approximate surface area is 173 Å². The van der Waals surface area contributed by atoms with Crippen molar-refractivity contribution in [3.63, 3.8) is 0 Å². The summed E-state index contributed by atoms with van der Waals surface area (Å²) in [6, 6.07) is 10.0. The third-order valence-electron chi connectivity index (χ3n) is 5.27. The Morgan fingerprint density at radius 1 is 1.13 bits per heavy atom. The Hall–Kier alpha value is -3.11. The third-order valence-corrected chi connectivity index (χ3v) is 6.40. The summed E-state index contributed by atoms with van der Waals surface area (Å²) < 4.78 is 33.8. The number of sulfone groups is 1. The maximum atomic E-state index is 13.0. The van der Waals surface area contributed by atoms with E-state index in [0.717, 1.165) is 11.2 Å². The van der Waals surface area contributed by atoms with E-state index in [0.29, 0.717) is 22.6 Å². The zero-order valence-electron chi connectivity index (χ0n) is 16.3. The van der Waals surface area contributed by atoms with Gasteiger partial charge in [0.05, 0.1) is 17.5 Å². The molecule has 0 aromatic heterocycles. The topological polar surface area (TPSA) is 122 Å². The number of rotatable bonds is 5. The van der Waals surface area contributed by atoms with Gasteiger partial charge in [-0.15, -0.1) is 0 Å². The standard InChI is InChI=1S/C20H20N2O7S/c1-20(13-4-6-14(7-5-13)30(2,26)27)18(24)22(19(25)21-20)10-15(23)12-3-8-16-17(9-12)29-11-28-16/h3-9,15,23H,10-11H2,1-2H3,(H,21,25)/t15-,20+/m0/s1. The lowest BCUT2D eigenvalue weighted by Gasteiger charge is -2.23. The molecule has 1 fully saturated rings. The van der Waals surface area contributed by atoms with Crippen molar-refractivity contribution in [2.75, 3.05) is 19.6 Å². The highest BCUT2D eigenvalue weighted by Crippen LogP contribution is 2.35. The number of ether oxygens (including phenoxy) is 2. The quantitative estimate of drug-likeness (QED) is 0.683. The summed E-state index contributed by atoms with van der Waals surface area (Å²) in [5.74, 6) is 0.505. The summed E-state index contributed by atoms with van der Waals surface area (Å²) in [6.07, 6.45) is -0.0324. The fourth-order valence-corrected chi connectivity index (χ4v) is 4.12. The molecule has 158 valence electrons. The van der Waals surface area contributed by atoms with Crippen molar-refractivity contribution < 1.29 is 32.6 Å². The van der Waals surface area contributed by atoms with Gasteiger partial charge in [0, 0.05) is 6.26 Å². The Kier molecular flexibility index (Phi) is 4.70. The lowest BCUT2D eigenvalue weighted by Crippen LogP contribution is -2.41. The number of nitrogens with one attached hydrogen (secondary N) is 1. The Balaban J connectivity index is 1.55. The summed E-state index contributed by atoms with van der Waals surface area (Å²) in [7, 11) is -3.38. The van der Waals surface area contributed by atoms with Crippen molar-refractivity contribution in [3.05, 3.63) is 53.6 Å². The van der Waals surface area contributed by atoms with E-state index in [1.54, 1.807) is 18.2 Å². The van der Waals surface area contributed by atoms with Gasteiger partial charge in [-0.05, 0) is 42.3 Å². The first kappa shape index (κ1) is 20.2. The van der Waals surface area contributed by atoms with Crippen LogP contribution in [-0.4, -0.2) is 50.0 Å². The number of aliphatic hydroxyl groups excluding tert-OH is 1. The molecule has 0 saturated carbocycles. The highest BCUT2D eigenvalue weighted by atomic mass is 32.2. The number of imide groups is 1. The molecule has 2 N–H and O–H groups in total. The van der Waals surface area contributed by atoms with Gasteiger partial charge < -0.3 is 19.9 Å². The number of carbonyl (C=O) groups is 2. The highest BCUT2D eigenvalue weighted by Gasteiger charge is 2.49. The Morgan fingerprint density at radius 2 is 1.80 bits per heavy atom. The first-order chi connectivity index (χ1) is 14.1. The molecule has 2 aromatic carbocycles. The van der Waals surface area contributed by atoms with Crippen LogP contribution >= 0.6 is 0 Å². The monoisotopic (exact) mass is 432 g/mol. The molecule has 1 saturated heterocycles. The van der Waals surface area contributed by atoms with Crippen LogP contribution < -0.4 is 14.8 Å². The minimum atomic E-state index is -3.38. The van der Waals surface area contributed by atoms with E-state index in [9.17, 15) is 23.1 Å². The minimum Gasteiger partial charge on any atom is -0.454 e. The van der Waals surface area contributed by atoms with Crippen LogP contribution in [0, 0.1) is 0 Å². The lowest BCUT2D eigenvalue weighted by molar-refractivity contribution is -0.132. The average Bonchev–Trinajstić information content (AvgIpc) is 3.25. The molecule has 0 radical (unpaired) electrons. The zero-order valence-corrected chi connectivity index (χ0v) is 17.1. The number of fused-ring (bicyclic) bond motifs is 1. The van der Waals surface area contributed by atoms with E-state index in [-0.39, 0.29) is 18.2 Å². The van der Waals surface area contributed by atoms with Crippen LogP contribution in [-0.2, 0) is 20.2 Å². The lowest BCUT2D eigenvalue weighted by atomic mass is 9.92. The SMILES string of the molecule is C[C@]1(c2ccc(S(C)(=O)=O)cc2)NC(=O)N(C[C@H](O)c2ccc3c(c2)OCO3)C1=O. The van der Waals surface area contributed by atoms with E-state index in [2.05, 4.69) is 5.32 Å². The third kappa shape index (κ3) is 3.37. The number of hydrogen-bond acceptors (Lipinski definition) is 7. The highest BCUT2D eigenvalue weighted by molar-refractivity contribution is 7.90. The van der Waals surface area contributed by atoms with Crippen LogP contribution in [0.1, 0.15) is 24.2 Å². The van der Waals surface area contributed by atoms with Crippen molar-refractivity contribution in [3.8, 4) is 11.5 Å². The summed E-state index contributed by atoms with van der Waals surface area (Å²) in [4.78, 5) is 26.6. The molecule has 0 unspecified atom stereocenters. The summed E-state index contributed by atoms with van der Waals surface area (Å²) in [5, 5.41) is 13.2. The summed E-state index contributed by atoms with van der Waals surface area (Å²) in [5.41, 5.74) is -0.457. The van der Waals surface area contributed by atoms with Gasteiger partial charge in [0.15, 0.2) is 21.3 Å². The van der Waals surface area contributed by atoms with Crippen LogP contribution in [0.4, 0.5) is 4.79 Å². The van der Waals surface area contributed by atoms with Crippen LogP contribution in [0.3, 0.4) is 0 Å². The first-order valence-electron chi connectivity index (χ1n) is 9.12. The molecular formula is C20H20N2O7S. The molecule has 2 aliphatic rings. The van der Waals surface area contributed by atoms with Gasteiger partial charge in [-0.2, -0.15) is 0 Å². The van der Waals surface area contributed by atoms with Gasteiger partial charge in [0.2, 0.25) is 6.79 Å². The Bertz CT molecular complexity index is 1130. The van der Waals surface area contributed by atoms with Crippen LogP contribution in [0.2, 0.25) is 0 Å². The van der Waals surface area contributed by atoms with Crippen molar-refractivity contribution in [1.82, 2.24) is 10.2 Å². The summed E-state index contributed by atoms with van der Waals surface area (Å²) >= 11 is 0. The van der Waals surface area contributed by atoms with Crippen LogP contribution in [0.5, 0.6) is 11.5 Å². The van der Waals surface area contributed by atoms with Crippen molar-refractivity contribution in [2.45, 2.75) is 23.5 Å². The normalized spacial score (nSPS) is 21.6. The second-order valence-corrected chi connectivity index (χ2v) is 9.41. The van der Waals surface area contributed by atoms with E-state index < -0.39 is 33.4 Å². The predicted octanol–water partition coefficient (Wildman–Crippen LogP) is 1.32. The number of nitrogens with zero attached hydrogens (tertiary/aromatic N) is 1. The zero-order chi connectivity index (χ0) is 21.7.